The zero-order chi connectivity index (χ0) is 21.3. The van der Waals surface area contributed by atoms with Crippen molar-refractivity contribution in [2.75, 3.05) is 5.75 Å². The van der Waals surface area contributed by atoms with Gasteiger partial charge in [-0.25, -0.2) is 0 Å². The molecule has 2 aliphatic heterocycles. The summed E-state index contributed by atoms with van der Waals surface area (Å²) in [7, 11) is 0. The lowest BCUT2D eigenvalue weighted by atomic mass is 10.0. The van der Waals surface area contributed by atoms with Crippen LogP contribution in [0.3, 0.4) is 0 Å². The van der Waals surface area contributed by atoms with E-state index in [1.54, 1.807) is 18.0 Å². The second-order valence-corrected chi connectivity index (χ2v) is 9.28. The van der Waals surface area contributed by atoms with Crippen molar-refractivity contribution in [3.8, 4) is 0 Å². The third kappa shape index (κ3) is 3.74. The highest BCUT2D eigenvalue weighted by Crippen LogP contribution is 2.54. The number of rotatable bonds is 6. The van der Waals surface area contributed by atoms with Crippen molar-refractivity contribution in [2.24, 2.45) is 0 Å². The summed E-state index contributed by atoms with van der Waals surface area (Å²) < 4.78 is 1.88. The SMILES string of the molecule is O=C(NCc1ccc(Cn2cccn2)cc1)C1CSC2(c3ccccc3)CCC(=O)N12. The van der Waals surface area contributed by atoms with Gasteiger partial charge >= 0.3 is 0 Å². The Bertz CT molecular complexity index is 1070. The lowest BCUT2D eigenvalue weighted by Crippen LogP contribution is -2.49. The Balaban J connectivity index is 1.24. The topological polar surface area (TPSA) is 67.2 Å². The minimum absolute atomic E-state index is 0.0666. The zero-order valence-corrected chi connectivity index (χ0v) is 17.9. The molecule has 2 amide bonds. The summed E-state index contributed by atoms with van der Waals surface area (Å²) >= 11 is 1.71. The largest absolute Gasteiger partial charge is 0.350 e. The zero-order valence-electron chi connectivity index (χ0n) is 17.1. The minimum Gasteiger partial charge on any atom is -0.350 e. The lowest BCUT2D eigenvalue weighted by molar-refractivity contribution is -0.138. The predicted octanol–water partition coefficient (Wildman–Crippen LogP) is 3.14. The van der Waals surface area contributed by atoms with E-state index in [-0.39, 0.29) is 11.8 Å². The second kappa shape index (κ2) is 8.23. The maximum absolute atomic E-state index is 13.0. The summed E-state index contributed by atoms with van der Waals surface area (Å²) in [6.07, 6.45) is 4.94. The fraction of sp³-hybridized carbons (Fsp3) is 0.292. The maximum Gasteiger partial charge on any atom is 0.244 e. The number of fused-ring (bicyclic) bond motifs is 1. The van der Waals surface area contributed by atoms with E-state index in [2.05, 4.69) is 34.7 Å². The van der Waals surface area contributed by atoms with E-state index in [0.29, 0.717) is 18.7 Å². The fourth-order valence-electron chi connectivity index (χ4n) is 4.49. The fourth-order valence-corrected chi connectivity index (χ4v) is 6.14. The van der Waals surface area contributed by atoms with Crippen LogP contribution in [-0.4, -0.2) is 38.3 Å². The predicted molar refractivity (Wildman–Crippen MR) is 120 cm³/mol. The molecule has 0 bridgehead atoms. The molecule has 2 unspecified atom stereocenters. The van der Waals surface area contributed by atoms with E-state index in [4.69, 9.17) is 0 Å². The molecule has 5 rings (SSSR count). The molecule has 158 valence electrons. The average molecular weight is 433 g/mol. The molecular formula is C24H24N4O2S. The van der Waals surface area contributed by atoms with Gasteiger partial charge in [0.05, 0.1) is 6.54 Å². The number of carbonyl (C=O) groups is 2. The van der Waals surface area contributed by atoms with Crippen molar-refractivity contribution >= 4 is 23.6 Å². The number of nitrogens with zero attached hydrogens (tertiary/aromatic N) is 3. The van der Waals surface area contributed by atoms with Crippen LogP contribution in [0.4, 0.5) is 0 Å². The summed E-state index contributed by atoms with van der Waals surface area (Å²) in [5.41, 5.74) is 3.29. The van der Waals surface area contributed by atoms with E-state index in [1.165, 1.54) is 0 Å². The van der Waals surface area contributed by atoms with Gasteiger partial charge in [0.25, 0.3) is 0 Å². The molecule has 1 aromatic heterocycles. The van der Waals surface area contributed by atoms with Gasteiger partial charge in [-0.3, -0.25) is 14.3 Å². The average Bonchev–Trinajstić information content (AvgIpc) is 3.52. The molecule has 1 N–H and O–H groups in total. The molecule has 2 atom stereocenters. The van der Waals surface area contributed by atoms with Gasteiger partial charge in [-0.05, 0) is 29.2 Å². The van der Waals surface area contributed by atoms with Crippen LogP contribution < -0.4 is 5.32 Å². The highest BCUT2D eigenvalue weighted by molar-refractivity contribution is 8.00. The first-order chi connectivity index (χ1) is 15.2. The van der Waals surface area contributed by atoms with Gasteiger partial charge in [-0.15, -0.1) is 11.8 Å². The number of thioether (sulfide) groups is 1. The van der Waals surface area contributed by atoms with Crippen molar-refractivity contribution < 1.29 is 9.59 Å². The number of benzene rings is 2. The molecule has 6 nitrogen and oxygen atoms in total. The summed E-state index contributed by atoms with van der Waals surface area (Å²) in [6.45, 7) is 1.17. The number of nitrogens with one attached hydrogen (secondary N) is 1. The molecule has 3 heterocycles. The Hall–Kier alpha value is -3.06. The minimum atomic E-state index is -0.431. The second-order valence-electron chi connectivity index (χ2n) is 7.98. The Morgan fingerprint density at radius 2 is 1.87 bits per heavy atom. The molecular weight excluding hydrogens is 408 g/mol. The molecule has 2 fully saturated rings. The van der Waals surface area contributed by atoms with Crippen molar-refractivity contribution in [3.63, 3.8) is 0 Å². The Kier molecular flexibility index (Phi) is 5.28. The number of hydrogen-bond donors (Lipinski definition) is 1. The van der Waals surface area contributed by atoms with Crippen molar-refractivity contribution in [2.45, 2.75) is 36.8 Å². The number of hydrogen-bond acceptors (Lipinski definition) is 4. The van der Waals surface area contributed by atoms with Crippen LogP contribution in [0.2, 0.25) is 0 Å². The lowest BCUT2D eigenvalue weighted by Gasteiger charge is -2.34. The Labute approximate surface area is 185 Å². The first-order valence-corrected chi connectivity index (χ1v) is 11.5. The summed E-state index contributed by atoms with van der Waals surface area (Å²) in [4.78, 5) is 27.2. The molecule has 0 radical (unpaired) electrons. The van der Waals surface area contributed by atoms with Crippen LogP contribution in [0, 0.1) is 0 Å². The maximum atomic E-state index is 13.0. The summed E-state index contributed by atoms with van der Waals surface area (Å²) in [5.74, 6) is 0.605. The van der Waals surface area contributed by atoms with Gasteiger partial charge < -0.3 is 10.2 Å². The van der Waals surface area contributed by atoms with Crippen LogP contribution >= 0.6 is 11.8 Å². The highest BCUT2D eigenvalue weighted by atomic mass is 32.2. The van der Waals surface area contributed by atoms with Crippen molar-refractivity contribution in [1.82, 2.24) is 20.0 Å². The van der Waals surface area contributed by atoms with Crippen LogP contribution in [0.25, 0.3) is 0 Å². The van der Waals surface area contributed by atoms with Gasteiger partial charge in [0.1, 0.15) is 10.9 Å². The molecule has 0 aliphatic carbocycles. The monoisotopic (exact) mass is 432 g/mol. The molecule has 2 saturated heterocycles. The first-order valence-electron chi connectivity index (χ1n) is 10.5. The normalized spacial score (nSPS) is 22.5. The molecule has 0 saturated carbocycles. The van der Waals surface area contributed by atoms with E-state index < -0.39 is 10.9 Å². The molecule has 2 aromatic carbocycles. The van der Waals surface area contributed by atoms with Crippen molar-refractivity contribution in [3.05, 3.63) is 89.7 Å². The quantitative estimate of drug-likeness (QED) is 0.650. The summed E-state index contributed by atoms with van der Waals surface area (Å²) in [6, 6.07) is 19.7. The molecule has 0 spiro atoms. The third-order valence-corrected chi connectivity index (χ3v) is 7.64. The van der Waals surface area contributed by atoms with E-state index in [1.807, 2.05) is 52.2 Å². The van der Waals surface area contributed by atoms with Gasteiger partial charge in [-0.2, -0.15) is 5.10 Å². The van der Waals surface area contributed by atoms with Crippen LogP contribution in [0.15, 0.2) is 73.1 Å². The van der Waals surface area contributed by atoms with Crippen LogP contribution in [-0.2, 0) is 27.5 Å². The number of amides is 2. The molecule has 2 aliphatic rings. The summed E-state index contributed by atoms with van der Waals surface area (Å²) in [5, 5.41) is 7.27. The Morgan fingerprint density at radius 3 is 2.61 bits per heavy atom. The third-order valence-electron chi connectivity index (χ3n) is 6.05. The van der Waals surface area contributed by atoms with E-state index in [9.17, 15) is 9.59 Å². The van der Waals surface area contributed by atoms with Gasteiger partial charge in [0.2, 0.25) is 11.8 Å². The molecule has 3 aromatic rings. The standard InChI is InChI=1S/C24H24N4O2S/c29-22-11-12-24(20-5-2-1-3-6-20)28(22)21(17-31-24)23(30)25-15-18-7-9-19(10-8-18)16-27-14-4-13-26-27/h1-10,13-14,21H,11-12,15-17H2,(H,25,30). The first kappa shape index (κ1) is 19.9. The number of carbonyl (C=O) groups excluding carboxylic acids is 2. The van der Waals surface area contributed by atoms with Crippen LogP contribution in [0.5, 0.6) is 0 Å². The van der Waals surface area contributed by atoms with Crippen LogP contribution in [0.1, 0.15) is 29.5 Å². The Morgan fingerprint density at radius 1 is 1.10 bits per heavy atom. The van der Waals surface area contributed by atoms with E-state index in [0.717, 1.165) is 29.7 Å². The highest BCUT2D eigenvalue weighted by Gasteiger charge is 2.56. The molecule has 31 heavy (non-hydrogen) atoms. The van der Waals surface area contributed by atoms with Gasteiger partial charge in [0, 0.05) is 31.1 Å². The van der Waals surface area contributed by atoms with Gasteiger partial charge in [-0.1, -0.05) is 54.6 Å². The number of aromatic nitrogens is 2. The molecule has 7 heteroatoms. The smallest absolute Gasteiger partial charge is 0.244 e. The van der Waals surface area contributed by atoms with Crippen molar-refractivity contribution in [1.29, 1.82) is 0 Å². The van der Waals surface area contributed by atoms with Gasteiger partial charge in [0.15, 0.2) is 0 Å². The van der Waals surface area contributed by atoms with E-state index >= 15 is 0 Å².